The van der Waals surface area contributed by atoms with Crippen LogP contribution in [0.4, 0.5) is 0 Å². The highest BCUT2D eigenvalue weighted by Gasteiger charge is 2.23. The Morgan fingerprint density at radius 2 is 1.93 bits per heavy atom. The molecule has 2 heterocycles. The van der Waals surface area contributed by atoms with Crippen molar-refractivity contribution in [2.45, 2.75) is 6.04 Å². The fourth-order valence-electron chi connectivity index (χ4n) is 3.06. The third-order valence-electron chi connectivity index (χ3n) is 4.44. The molecule has 0 bridgehead atoms. The molecule has 1 aliphatic heterocycles. The summed E-state index contributed by atoms with van der Waals surface area (Å²) in [4.78, 5) is 24.3. The van der Waals surface area contributed by atoms with Gasteiger partial charge in [-0.1, -0.05) is 30.3 Å². The second-order valence-electron chi connectivity index (χ2n) is 6.63. The predicted molar refractivity (Wildman–Crippen MR) is 108 cm³/mol. The molecule has 0 radical (unpaired) electrons. The van der Waals surface area contributed by atoms with Crippen LogP contribution in [0.2, 0.25) is 0 Å². The monoisotopic (exact) mass is 411 g/mol. The van der Waals surface area contributed by atoms with E-state index in [1.807, 2.05) is 30.3 Å². The number of nitrogens with one attached hydrogen (secondary N) is 1. The highest BCUT2D eigenvalue weighted by atomic mass is 32.2. The predicted octanol–water partition coefficient (Wildman–Crippen LogP) is 2.27. The lowest BCUT2D eigenvalue weighted by molar-refractivity contribution is -0.123. The molecule has 1 atom stereocenters. The lowest BCUT2D eigenvalue weighted by atomic mass is 10.1. The first-order valence-electron chi connectivity index (χ1n) is 8.86. The van der Waals surface area contributed by atoms with E-state index in [9.17, 15) is 18.0 Å². The molecule has 0 saturated heterocycles. The van der Waals surface area contributed by atoms with Crippen molar-refractivity contribution in [2.75, 3.05) is 12.4 Å². The van der Waals surface area contributed by atoms with Crippen LogP contribution in [0.5, 0.6) is 5.75 Å². The van der Waals surface area contributed by atoms with Crippen LogP contribution in [0.3, 0.4) is 0 Å². The van der Waals surface area contributed by atoms with Crippen LogP contribution in [0.25, 0.3) is 22.1 Å². The van der Waals surface area contributed by atoms with E-state index in [1.165, 1.54) is 6.08 Å². The van der Waals surface area contributed by atoms with Gasteiger partial charge in [-0.15, -0.1) is 0 Å². The molecule has 2 aromatic carbocycles. The summed E-state index contributed by atoms with van der Waals surface area (Å²) in [6, 6.07) is 15.4. The number of rotatable bonds is 5. The maximum atomic E-state index is 12.3. The summed E-state index contributed by atoms with van der Waals surface area (Å²) < 4.78 is 33.6. The summed E-state index contributed by atoms with van der Waals surface area (Å²) in [5.74, 6) is -0.237. The van der Waals surface area contributed by atoms with Gasteiger partial charge in [-0.05, 0) is 29.8 Å². The average molecular weight is 411 g/mol. The van der Waals surface area contributed by atoms with E-state index in [-0.39, 0.29) is 12.4 Å². The number of carbonyl (C=O) groups is 1. The summed E-state index contributed by atoms with van der Waals surface area (Å²) in [6.45, 7) is -0.289. The Kier molecular flexibility index (Phi) is 4.94. The fraction of sp³-hybridized carbons (Fsp3) is 0.143. The zero-order valence-corrected chi connectivity index (χ0v) is 16.0. The molecule has 1 amide bonds. The maximum Gasteiger partial charge on any atom is 0.344 e. The Morgan fingerprint density at radius 1 is 1.14 bits per heavy atom. The SMILES string of the molecule is O=C(COc1ccc2cc(-c3ccccc3)c(=O)oc2c1)NC1C=CS(=O)(=O)C1. The molecular weight excluding hydrogens is 394 g/mol. The molecule has 1 unspecified atom stereocenters. The molecule has 8 heteroatoms. The molecule has 148 valence electrons. The summed E-state index contributed by atoms with van der Waals surface area (Å²) in [5, 5.41) is 4.39. The Bertz CT molecular complexity index is 1260. The van der Waals surface area contributed by atoms with E-state index in [1.54, 1.807) is 24.3 Å². The van der Waals surface area contributed by atoms with Gasteiger partial charge in [0.05, 0.1) is 17.4 Å². The first kappa shape index (κ1) is 18.9. The van der Waals surface area contributed by atoms with Gasteiger partial charge >= 0.3 is 5.63 Å². The van der Waals surface area contributed by atoms with Crippen LogP contribution in [-0.2, 0) is 14.6 Å². The molecule has 4 rings (SSSR count). The zero-order valence-electron chi connectivity index (χ0n) is 15.2. The number of hydrogen-bond acceptors (Lipinski definition) is 6. The Balaban J connectivity index is 1.46. The lowest BCUT2D eigenvalue weighted by Crippen LogP contribution is -2.38. The second kappa shape index (κ2) is 7.56. The summed E-state index contributed by atoms with van der Waals surface area (Å²) in [7, 11) is -3.24. The topological polar surface area (TPSA) is 103 Å². The fourth-order valence-corrected chi connectivity index (χ4v) is 4.30. The van der Waals surface area contributed by atoms with Gasteiger partial charge in [-0.25, -0.2) is 13.2 Å². The molecule has 0 fully saturated rings. The van der Waals surface area contributed by atoms with Gasteiger partial charge < -0.3 is 14.5 Å². The quantitative estimate of drug-likeness (QED) is 0.646. The van der Waals surface area contributed by atoms with Crippen LogP contribution in [-0.4, -0.2) is 32.7 Å². The van der Waals surface area contributed by atoms with Crippen molar-refractivity contribution in [2.24, 2.45) is 0 Å². The number of fused-ring (bicyclic) bond motifs is 1. The summed E-state index contributed by atoms with van der Waals surface area (Å²) >= 11 is 0. The molecule has 0 aliphatic carbocycles. The van der Waals surface area contributed by atoms with Gasteiger partial charge in [0.2, 0.25) is 0 Å². The van der Waals surface area contributed by atoms with Crippen molar-refractivity contribution in [3.05, 3.63) is 76.5 Å². The molecule has 3 aromatic rings. The van der Waals surface area contributed by atoms with Gasteiger partial charge in [0, 0.05) is 16.9 Å². The van der Waals surface area contributed by atoms with Gasteiger partial charge in [-0.3, -0.25) is 4.79 Å². The molecule has 0 spiro atoms. The molecule has 29 heavy (non-hydrogen) atoms. The number of carbonyl (C=O) groups excluding carboxylic acids is 1. The standard InChI is InChI=1S/C21H17NO6S/c23-20(22-16-8-9-29(25,26)13-16)12-27-17-7-6-15-10-18(14-4-2-1-3-5-14)21(24)28-19(15)11-17/h1-11,16H,12-13H2,(H,22,23). The van der Waals surface area contributed by atoms with Crippen LogP contribution in [0, 0.1) is 0 Å². The van der Waals surface area contributed by atoms with Crippen molar-refractivity contribution in [3.63, 3.8) is 0 Å². The van der Waals surface area contributed by atoms with Gasteiger partial charge in [0.1, 0.15) is 11.3 Å². The van der Waals surface area contributed by atoms with Crippen LogP contribution in [0.1, 0.15) is 0 Å². The summed E-state index contributed by atoms with van der Waals surface area (Å²) in [5.41, 5.74) is 1.11. The van der Waals surface area contributed by atoms with E-state index >= 15 is 0 Å². The number of ether oxygens (including phenoxy) is 1. The Labute approximate surface area is 166 Å². The minimum atomic E-state index is -3.24. The van der Waals surface area contributed by atoms with E-state index in [2.05, 4.69) is 5.32 Å². The molecule has 0 saturated carbocycles. The molecular formula is C21H17NO6S. The first-order valence-corrected chi connectivity index (χ1v) is 10.6. The highest BCUT2D eigenvalue weighted by molar-refractivity contribution is 7.94. The lowest BCUT2D eigenvalue weighted by Gasteiger charge is -2.11. The molecule has 1 aliphatic rings. The molecule has 7 nitrogen and oxygen atoms in total. The van der Waals surface area contributed by atoms with E-state index in [4.69, 9.17) is 9.15 Å². The number of benzene rings is 2. The van der Waals surface area contributed by atoms with Crippen molar-refractivity contribution >= 4 is 26.7 Å². The van der Waals surface area contributed by atoms with Gasteiger partial charge in [0.25, 0.3) is 5.91 Å². The summed E-state index contributed by atoms with van der Waals surface area (Å²) in [6.07, 6.45) is 1.43. The van der Waals surface area contributed by atoms with Crippen LogP contribution < -0.4 is 15.7 Å². The van der Waals surface area contributed by atoms with E-state index in [0.717, 1.165) is 16.4 Å². The normalized spacial score (nSPS) is 17.3. The van der Waals surface area contributed by atoms with Gasteiger partial charge in [-0.2, -0.15) is 0 Å². The van der Waals surface area contributed by atoms with Crippen LogP contribution in [0.15, 0.2) is 75.3 Å². The van der Waals surface area contributed by atoms with E-state index < -0.39 is 27.4 Å². The Morgan fingerprint density at radius 3 is 2.66 bits per heavy atom. The molecule has 1 N–H and O–H groups in total. The second-order valence-corrected chi connectivity index (χ2v) is 8.57. The minimum absolute atomic E-state index is 0.149. The minimum Gasteiger partial charge on any atom is -0.484 e. The Hall–Kier alpha value is -3.39. The number of sulfone groups is 1. The highest BCUT2D eigenvalue weighted by Crippen LogP contribution is 2.24. The maximum absolute atomic E-state index is 12.3. The first-order chi connectivity index (χ1) is 13.9. The van der Waals surface area contributed by atoms with E-state index in [0.29, 0.717) is 16.9 Å². The smallest absolute Gasteiger partial charge is 0.344 e. The average Bonchev–Trinajstić information content (AvgIpc) is 3.04. The number of amides is 1. The zero-order chi connectivity index (χ0) is 20.4. The van der Waals surface area contributed by atoms with Crippen molar-refractivity contribution in [1.82, 2.24) is 5.32 Å². The third kappa shape index (κ3) is 4.38. The third-order valence-corrected chi connectivity index (χ3v) is 5.83. The van der Waals surface area contributed by atoms with Crippen LogP contribution >= 0.6 is 0 Å². The van der Waals surface area contributed by atoms with Crippen molar-refractivity contribution < 1.29 is 22.4 Å². The van der Waals surface area contributed by atoms with Crippen molar-refractivity contribution in [1.29, 1.82) is 0 Å². The largest absolute Gasteiger partial charge is 0.484 e. The number of hydrogen-bond donors (Lipinski definition) is 1. The molecule has 1 aromatic heterocycles. The van der Waals surface area contributed by atoms with Gasteiger partial charge in [0.15, 0.2) is 16.4 Å². The van der Waals surface area contributed by atoms with Crippen molar-refractivity contribution in [3.8, 4) is 16.9 Å².